The molecule has 0 spiro atoms. The summed E-state index contributed by atoms with van der Waals surface area (Å²) in [5.74, 6) is 0. The summed E-state index contributed by atoms with van der Waals surface area (Å²) in [5.41, 5.74) is 0.906. The minimum absolute atomic E-state index is 0.0800. The summed E-state index contributed by atoms with van der Waals surface area (Å²) < 4.78 is 32.2. The highest BCUT2D eigenvalue weighted by Crippen LogP contribution is 2.33. The molecule has 0 radical (unpaired) electrons. The molecule has 0 saturated carbocycles. The molecule has 0 fully saturated rings. The maximum absolute atomic E-state index is 12.3. The fourth-order valence-electron chi connectivity index (χ4n) is 2.27. The molecule has 116 valence electrons. The first-order valence-corrected chi connectivity index (χ1v) is 8.14. The van der Waals surface area contributed by atoms with Crippen LogP contribution in [0.2, 0.25) is 0 Å². The standard InChI is InChI=1S/C13H18N2O5S/c1-2-20-13(17)14-21(18,19)15-9-5-8-12(16)10-6-3-4-7-11(10)15/h3-4,6-7,12,16H,2,5,8-9H2,1H3,(H,14,17). The fourth-order valence-corrected chi connectivity index (χ4v) is 3.45. The molecule has 21 heavy (non-hydrogen) atoms. The van der Waals surface area contributed by atoms with Crippen molar-refractivity contribution in [2.24, 2.45) is 0 Å². The molecule has 0 aliphatic carbocycles. The number of aliphatic hydroxyl groups is 1. The summed E-state index contributed by atoms with van der Waals surface area (Å²) in [4.78, 5) is 11.4. The van der Waals surface area contributed by atoms with Crippen LogP contribution in [0, 0.1) is 0 Å². The average Bonchev–Trinajstić information content (AvgIpc) is 2.59. The van der Waals surface area contributed by atoms with Gasteiger partial charge in [0.2, 0.25) is 0 Å². The van der Waals surface area contributed by atoms with Crippen molar-refractivity contribution < 1.29 is 23.1 Å². The van der Waals surface area contributed by atoms with Gasteiger partial charge in [0.15, 0.2) is 0 Å². The molecule has 1 aliphatic heterocycles. The van der Waals surface area contributed by atoms with Gasteiger partial charge in [0, 0.05) is 12.1 Å². The van der Waals surface area contributed by atoms with Crippen molar-refractivity contribution in [3.05, 3.63) is 29.8 Å². The summed E-state index contributed by atoms with van der Waals surface area (Å²) in [7, 11) is -4.07. The molecule has 2 N–H and O–H groups in total. The maximum Gasteiger partial charge on any atom is 0.422 e. The number of nitrogens with one attached hydrogen (secondary N) is 1. The van der Waals surface area contributed by atoms with Gasteiger partial charge >= 0.3 is 16.3 Å². The molecule has 7 nitrogen and oxygen atoms in total. The van der Waals surface area contributed by atoms with Crippen molar-refractivity contribution >= 4 is 22.0 Å². The number of ether oxygens (including phenoxy) is 1. The topological polar surface area (TPSA) is 95.9 Å². The minimum Gasteiger partial charge on any atom is -0.449 e. The van der Waals surface area contributed by atoms with Crippen molar-refractivity contribution in [2.75, 3.05) is 17.5 Å². The van der Waals surface area contributed by atoms with Gasteiger partial charge in [-0.3, -0.25) is 4.31 Å². The first-order valence-electron chi connectivity index (χ1n) is 6.70. The van der Waals surface area contributed by atoms with Crippen molar-refractivity contribution in [3.8, 4) is 0 Å². The van der Waals surface area contributed by atoms with Gasteiger partial charge in [0.25, 0.3) is 0 Å². The Hall–Kier alpha value is -1.80. The molecule has 2 rings (SSSR count). The molecule has 1 aromatic carbocycles. The van der Waals surface area contributed by atoms with E-state index >= 15 is 0 Å². The number of fused-ring (bicyclic) bond motifs is 1. The fraction of sp³-hybridized carbons (Fsp3) is 0.462. The molecule has 1 unspecified atom stereocenters. The summed E-state index contributed by atoms with van der Waals surface area (Å²) in [5, 5.41) is 10.1. The zero-order valence-electron chi connectivity index (χ0n) is 11.7. The van der Waals surface area contributed by atoms with Crippen molar-refractivity contribution in [1.29, 1.82) is 0 Å². The van der Waals surface area contributed by atoms with Crippen LogP contribution in [0.1, 0.15) is 31.4 Å². The molecule has 1 aromatic rings. The number of hydrogen-bond donors (Lipinski definition) is 2. The zero-order valence-corrected chi connectivity index (χ0v) is 12.5. The third-order valence-electron chi connectivity index (χ3n) is 3.18. The van der Waals surface area contributed by atoms with Crippen LogP contribution in [0.25, 0.3) is 0 Å². The van der Waals surface area contributed by atoms with Crippen molar-refractivity contribution in [1.82, 2.24) is 4.72 Å². The number of nitrogens with zero attached hydrogens (tertiary/aromatic N) is 1. The Balaban J connectivity index is 2.34. The quantitative estimate of drug-likeness (QED) is 0.877. The molecule has 0 bridgehead atoms. The molecular weight excluding hydrogens is 296 g/mol. The van der Waals surface area contributed by atoms with E-state index in [1.54, 1.807) is 31.2 Å². The van der Waals surface area contributed by atoms with E-state index in [2.05, 4.69) is 4.74 Å². The molecule has 1 aliphatic rings. The second kappa shape index (κ2) is 6.31. The molecule has 1 amide bonds. The lowest BCUT2D eigenvalue weighted by molar-refractivity contribution is 0.158. The third-order valence-corrected chi connectivity index (χ3v) is 4.57. The van der Waals surface area contributed by atoms with Crippen molar-refractivity contribution in [2.45, 2.75) is 25.9 Å². The lowest BCUT2D eigenvalue weighted by Gasteiger charge is -2.24. The number of benzene rings is 1. The molecule has 8 heteroatoms. The van der Waals surface area contributed by atoms with E-state index in [-0.39, 0.29) is 13.2 Å². The molecular formula is C13H18N2O5S. The van der Waals surface area contributed by atoms with E-state index in [4.69, 9.17) is 0 Å². The van der Waals surface area contributed by atoms with Gasteiger partial charge in [-0.15, -0.1) is 0 Å². The second-order valence-corrected chi connectivity index (χ2v) is 6.21. The van der Waals surface area contributed by atoms with Crippen LogP contribution in [0.15, 0.2) is 24.3 Å². The average molecular weight is 314 g/mol. The number of carbonyl (C=O) groups excluding carboxylic acids is 1. The van der Waals surface area contributed by atoms with Gasteiger partial charge in [-0.25, -0.2) is 9.52 Å². The maximum atomic E-state index is 12.3. The summed E-state index contributed by atoms with van der Waals surface area (Å²) in [6, 6.07) is 6.70. The van der Waals surface area contributed by atoms with E-state index in [0.29, 0.717) is 24.1 Å². The molecule has 0 saturated heterocycles. The third kappa shape index (κ3) is 3.45. The predicted octanol–water partition coefficient (Wildman–Crippen LogP) is 1.31. The highest BCUT2D eigenvalue weighted by atomic mass is 32.2. The van der Waals surface area contributed by atoms with Crippen LogP contribution in [0.5, 0.6) is 0 Å². The Morgan fingerprint density at radius 1 is 1.48 bits per heavy atom. The zero-order chi connectivity index (χ0) is 15.5. The number of rotatable bonds is 3. The summed E-state index contributed by atoms with van der Waals surface area (Å²) in [6.07, 6.45) is -0.786. The SMILES string of the molecule is CCOC(=O)NS(=O)(=O)N1CCCC(O)c2ccccc21. The normalized spacial score (nSPS) is 18.6. The van der Waals surface area contributed by atoms with E-state index in [1.165, 1.54) is 0 Å². The van der Waals surface area contributed by atoms with E-state index in [1.807, 2.05) is 4.72 Å². The van der Waals surface area contributed by atoms with Crippen LogP contribution in [0.3, 0.4) is 0 Å². The van der Waals surface area contributed by atoms with Gasteiger partial charge in [-0.2, -0.15) is 8.42 Å². The van der Waals surface area contributed by atoms with E-state index < -0.39 is 22.4 Å². The van der Waals surface area contributed by atoms with E-state index in [0.717, 1.165) is 4.31 Å². The van der Waals surface area contributed by atoms with Gasteiger partial charge < -0.3 is 9.84 Å². The van der Waals surface area contributed by atoms with Crippen molar-refractivity contribution in [3.63, 3.8) is 0 Å². The molecule has 1 heterocycles. The van der Waals surface area contributed by atoms with Crippen LogP contribution in [-0.2, 0) is 14.9 Å². The van der Waals surface area contributed by atoms with Gasteiger partial charge in [0.05, 0.1) is 18.4 Å². The van der Waals surface area contributed by atoms with Crippen LogP contribution >= 0.6 is 0 Å². The monoisotopic (exact) mass is 314 g/mol. The molecule has 1 atom stereocenters. The second-order valence-electron chi connectivity index (χ2n) is 4.62. The first-order chi connectivity index (χ1) is 9.95. The summed E-state index contributed by atoms with van der Waals surface area (Å²) >= 11 is 0. The number of carbonyl (C=O) groups is 1. The Labute approximate surface area is 123 Å². The first kappa shape index (κ1) is 15.6. The minimum atomic E-state index is -4.07. The number of amides is 1. The number of hydrogen-bond acceptors (Lipinski definition) is 5. The van der Waals surface area contributed by atoms with Gasteiger partial charge in [-0.1, -0.05) is 18.2 Å². The Kier molecular flexibility index (Phi) is 4.69. The number of anilines is 1. The predicted molar refractivity (Wildman–Crippen MR) is 77.1 cm³/mol. The Morgan fingerprint density at radius 2 is 2.19 bits per heavy atom. The molecule has 0 aromatic heterocycles. The van der Waals surface area contributed by atoms with Gasteiger partial charge in [-0.05, 0) is 25.8 Å². The van der Waals surface area contributed by atoms with Crippen LogP contribution < -0.4 is 9.03 Å². The summed E-state index contributed by atoms with van der Waals surface area (Å²) in [6.45, 7) is 1.85. The van der Waals surface area contributed by atoms with Crippen LogP contribution in [0.4, 0.5) is 10.5 Å². The highest BCUT2D eigenvalue weighted by molar-refractivity contribution is 7.91. The van der Waals surface area contributed by atoms with E-state index in [9.17, 15) is 18.3 Å². The smallest absolute Gasteiger partial charge is 0.422 e. The highest BCUT2D eigenvalue weighted by Gasteiger charge is 2.30. The lowest BCUT2D eigenvalue weighted by atomic mass is 10.1. The Morgan fingerprint density at radius 3 is 2.90 bits per heavy atom. The lowest BCUT2D eigenvalue weighted by Crippen LogP contribution is -2.44. The van der Waals surface area contributed by atoms with Crippen LogP contribution in [-0.4, -0.2) is 32.8 Å². The number of aliphatic hydroxyl groups excluding tert-OH is 1. The Bertz CT molecular complexity index is 617. The van der Waals surface area contributed by atoms with Gasteiger partial charge in [0.1, 0.15) is 0 Å². The largest absolute Gasteiger partial charge is 0.449 e. The number of para-hydroxylation sites is 1.